The molecule has 4 rings (SSSR count). The van der Waals surface area contributed by atoms with Crippen LogP contribution in [0.15, 0.2) is 48.5 Å². The van der Waals surface area contributed by atoms with Crippen LogP contribution in [-0.4, -0.2) is 47.3 Å². The van der Waals surface area contributed by atoms with Crippen molar-refractivity contribution in [2.75, 3.05) is 20.0 Å². The predicted octanol–water partition coefficient (Wildman–Crippen LogP) is 3.67. The molecule has 0 saturated heterocycles. The third-order valence-electron chi connectivity index (χ3n) is 6.85. The quantitative estimate of drug-likeness (QED) is 0.348. The Hall–Kier alpha value is -4.12. The summed E-state index contributed by atoms with van der Waals surface area (Å²) in [5, 5.41) is 3.17. The van der Waals surface area contributed by atoms with Gasteiger partial charge in [0.1, 0.15) is 10.9 Å². The van der Waals surface area contributed by atoms with Crippen molar-refractivity contribution in [1.82, 2.24) is 14.6 Å². The molecule has 1 aliphatic rings. The van der Waals surface area contributed by atoms with Gasteiger partial charge in [-0.05, 0) is 36.0 Å². The van der Waals surface area contributed by atoms with Crippen LogP contribution in [0, 0.1) is 0 Å². The number of nitrogens with one attached hydrogen (secondary N) is 1. The minimum absolute atomic E-state index is 0.00559. The number of carbonyl (C=O) groups is 3. The zero-order valence-electron chi connectivity index (χ0n) is 22.0. The van der Waals surface area contributed by atoms with Crippen LogP contribution < -0.4 is 26.3 Å². The van der Waals surface area contributed by atoms with Crippen LogP contribution in [0.2, 0.25) is 0 Å². The molecule has 39 heavy (non-hydrogen) atoms. The summed E-state index contributed by atoms with van der Waals surface area (Å²) in [6, 6.07) is 13.4. The van der Waals surface area contributed by atoms with Gasteiger partial charge in [0.2, 0.25) is 5.91 Å². The molecule has 1 heterocycles. The number of anilines is 1. The number of nitrogens with zero attached hydrogens (tertiary/aromatic N) is 2. The highest BCUT2D eigenvalue weighted by Gasteiger charge is 2.38. The molecule has 0 spiro atoms. The maximum Gasteiger partial charge on any atom is 0.270 e. The first-order valence-electron chi connectivity index (χ1n) is 12.8. The molecule has 206 valence electrons. The average molecular weight is 552 g/mol. The molecule has 10 nitrogen and oxygen atoms in total. The van der Waals surface area contributed by atoms with E-state index in [1.165, 1.54) is 19.1 Å². The molecule has 1 unspecified atom stereocenters. The zero-order chi connectivity index (χ0) is 27.9. The normalized spacial score (nSPS) is 14.3. The van der Waals surface area contributed by atoms with Gasteiger partial charge >= 0.3 is 0 Å². The Bertz CT molecular complexity index is 1320. The molecule has 3 aromatic rings. The Morgan fingerprint density at radius 2 is 1.77 bits per heavy atom. The van der Waals surface area contributed by atoms with Crippen molar-refractivity contribution in [2.24, 2.45) is 5.73 Å². The number of benzene rings is 2. The van der Waals surface area contributed by atoms with Gasteiger partial charge in [-0.15, -0.1) is 0 Å². The van der Waals surface area contributed by atoms with Crippen molar-refractivity contribution < 1.29 is 23.9 Å². The fourth-order valence-corrected chi connectivity index (χ4v) is 5.69. The Labute approximate surface area is 231 Å². The fraction of sp³-hybridized carbons (Fsp3) is 0.357. The topological polar surface area (TPSA) is 150 Å². The van der Waals surface area contributed by atoms with E-state index >= 15 is 0 Å². The number of carbonyl (C=O) groups excluding carboxylic acids is 3. The van der Waals surface area contributed by atoms with Crippen molar-refractivity contribution in [3.63, 3.8) is 0 Å². The zero-order valence-corrected chi connectivity index (χ0v) is 22.8. The molecule has 3 amide bonds. The van der Waals surface area contributed by atoms with E-state index in [-0.39, 0.29) is 34.8 Å². The third kappa shape index (κ3) is 6.14. The van der Waals surface area contributed by atoms with Crippen LogP contribution in [0.25, 0.3) is 0 Å². The van der Waals surface area contributed by atoms with Crippen molar-refractivity contribution in [3.05, 3.63) is 70.2 Å². The van der Waals surface area contributed by atoms with Gasteiger partial charge in [0.25, 0.3) is 11.8 Å². The van der Waals surface area contributed by atoms with Crippen molar-refractivity contribution in [3.8, 4) is 11.5 Å². The van der Waals surface area contributed by atoms with E-state index in [2.05, 4.69) is 9.69 Å². The number of hydrogen-bond donors (Lipinski definition) is 3. The van der Waals surface area contributed by atoms with E-state index in [0.29, 0.717) is 17.1 Å². The van der Waals surface area contributed by atoms with Gasteiger partial charge < -0.3 is 31.2 Å². The number of para-hydroxylation sites is 1. The summed E-state index contributed by atoms with van der Waals surface area (Å²) in [6.07, 6.45) is 4.91. The fourth-order valence-electron chi connectivity index (χ4n) is 4.93. The minimum Gasteiger partial charge on any atom is -0.493 e. The third-order valence-corrected chi connectivity index (χ3v) is 7.70. The second kappa shape index (κ2) is 12.6. The van der Waals surface area contributed by atoms with Crippen LogP contribution >= 0.6 is 11.5 Å². The summed E-state index contributed by atoms with van der Waals surface area (Å²) >= 11 is 0.774. The SMILES string of the molecule is COc1cccc(C(C(=O)NC2CCCCC2)N(Cc2ccccc2)C(=O)c2snc(C(N)=O)c2N)c1OC. The number of primary amides is 1. The largest absolute Gasteiger partial charge is 0.493 e. The predicted molar refractivity (Wildman–Crippen MR) is 149 cm³/mol. The molecule has 1 aliphatic carbocycles. The smallest absolute Gasteiger partial charge is 0.270 e. The molecular weight excluding hydrogens is 518 g/mol. The van der Waals surface area contributed by atoms with Crippen molar-refractivity contribution in [1.29, 1.82) is 0 Å². The van der Waals surface area contributed by atoms with E-state index in [1.807, 2.05) is 30.3 Å². The molecule has 0 radical (unpaired) electrons. The first-order chi connectivity index (χ1) is 18.8. The molecule has 1 saturated carbocycles. The molecule has 1 fully saturated rings. The van der Waals surface area contributed by atoms with E-state index in [1.54, 1.807) is 18.2 Å². The van der Waals surface area contributed by atoms with Gasteiger partial charge in [-0.25, -0.2) is 0 Å². The number of nitrogen functional groups attached to an aromatic ring is 1. The second-order valence-electron chi connectivity index (χ2n) is 9.39. The number of hydrogen-bond acceptors (Lipinski definition) is 8. The summed E-state index contributed by atoms with van der Waals surface area (Å²) in [7, 11) is 3.00. The lowest BCUT2D eigenvalue weighted by Crippen LogP contribution is -2.47. The van der Waals surface area contributed by atoms with E-state index in [0.717, 1.165) is 49.2 Å². The Morgan fingerprint density at radius 3 is 2.38 bits per heavy atom. The van der Waals surface area contributed by atoms with Gasteiger partial charge in [-0.1, -0.05) is 61.7 Å². The van der Waals surface area contributed by atoms with Crippen LogP contribution in [0.4, 0.5) is 5.69 Å². The first-order valence-corrected chi connectivity index (χ1v) is 13.5. The molecule has 2 aromatic carbocycles. The number of amides is 3. The van der Waals surface area contributed by atoms with E-state index < -0.39 is 17.9 Å². The molecule has 0 aliphatic heterocycles. The van der Waals surface area contributed by atoms with Crippen molar-refractivity contribution >= 4 is 34.9 Å². The Balaban J connectivity index is 1.86. The summed E-state index contributed by atoms with van der Waals surface area (Å²) in [5.41, 5.74) is 12.5. The highest BCUT2D eigenvalue weighted by Crippen LogP contribution is 2.39. The first kappa shape index (κ1) is 27.9. The lowest BCUT2D eigenvalue weighted by molar-refractivity contribution is -0.127. The standard InChI is InChI=1S/C28H33N5O5S/c1-37-20-15-9-14-19(24(20)38-2)23(27(35)31-18-12-7-4-8-13-18)33(16-17-10-5-3-6-11-17)28(36)25-21(29)22(26(30)34)32-39-25/h3,5-6,9-11,14-15,18,23H,4,7-8,12-13,16,29H2,1-2H3,(H2,30,34)(H,31,35). The van der Waals surface area contributed by atoms with Crippen LogP contribution in [0.5, 0.6) is 11.5 Å². The molecule has 0 bridgehead atoms. The van der Waals surface area contributed by atoms with Gasteiger partial charge in [0.15, 0.2) is 17.2 Å². The number of ether oxygens (including phenoxy) is 2. The lowest BCUT2D eigenvalue weighted by Gasteiger charge is -2.34. The number of methoxy groups -OCH3 is 2. The highest BCUT2D eigenvalue weighted by atomic mass is 32.1. The maximum atomic E-state index is 14.2. The summed E-state index contributed by atoms with van der Waals surface area (Å²) < 4.78 is 15.2. The number of aromatic nitrogens is 1. The summed E-state index contributed by atoms with van der Waals surface area (Å²) in [5.74, 6) is -0.986. The van der Waals surface area contributed by atoms with Crippen LogP contribution in [0.3, 0.4) is 0 Å². The van der Waals surface area contributed by atoms with E-state index in [4.69, 9.17) is 20.9 Å². The van der Waals surface area contributed by atoms with Gasteiger partial charge in [0, 0.05) is 18.2 Å². The van der Waals surface area contributed by atoms with Gasteiger partial charge in [-0.2, -0.15) is 4.37 Å². The lowest BCUT2D eigenvalue weighted by atomic mass is 9.94. The van der Waals surface area contributed by atoms with Crippen LogP contribution in [-0.2, 0) is 11.3 Å². The Morgan fingerprint density at radius 1 is 1.05 bits per heavy atom. The van der Waals surface area contributed by atoms with Crippen molar-refractivity contribution in [2.45, 2.75) is 50.7 Å². The average Bonchev–Trinajstić information content (AvgIpc) is 3.34. The molecule has 1 aromatic heterocycles. The maximum absolute atomic E-state index is 14.2. The van der Waals surface area contributed by atoms with Crippen LogP contribution in [0.1, 0.15) is 69.4 Å². The monoisotopic (exact) mass is 551 g/mol. The number of nitrogens with two attached hydrogens (primary N) is 2. The Kier molecular flexibility index (Phi) is 9.03. The number of rotatable bonds is 10. The van der Waals surface area contributed by atoms with Gasteiger partial charge in [0.05, 0.1) is 19.9 Å². The molecule has 11 heteroatoms. The molecular formula is C28H33N5O5S. The summed E-state index contributed by atoms with van der Waals surface area (Å²) in [6.45, 7) is 0.0754. The molecule has 5 N–H and O–H groups in total. The van der Waals surface area contributed by atoms with E-state index in [9.17, 15) is 14.4 Å². The van der Waals surface area contributed by atoms with Gasteiger partial charge in [-0.3, -0.25) is 14.4 Å². The highest BCUT2D eigenvalue weighted by molar-refractivity contribution is 7.09. The molecule has 1 atom stereocenters. The minimum atomic E-state index is -1.11. The summed E-state index contributed by atoms with van der Waals surface area (Å²) in [4.78, 5) is 41.6. The second-order valence-corrected chi connectivity index (χ2v) is 10.2.